The molecule has 3 amide bonds. The van der Waals surface area contributed by atoms with Crippen molar-refractivity contribution in [2.45, 2.75) is 31.6 Å². The predicted octanol–water partition coefficient (Wildman–Crippen LogP) is 0.719. The number of ether oxygens (including phenoxy) is 3. The quantitative estimate of drug-likeness (QED) is 0.762. The molecule has 8 heteroatoms. The Morgan fingerprint density at radius 3 is 2.96 bits per heavy atom. The maximum atomic E-state index is 12.2. The SMILES string of the molecule is O=C1[C@@H]2CCCN2C(=O)N1C[C@@H](O)COCc1ccc2c(c1)OCO2. The first-order chi connectivity index (χ1) is 12.1. The Balaban J connectivity index is 1.26. The summed E-state index contributed by atoms with van der Waals surface area (Å²) in [4.78, 5) is 27.1. The molecule has 0 saturated carbocycles. The average molecular weight is 348 g/mol. The van der Waals surface area contributed by atoms with Gasteiger partial charge in [0, 0.05) is 6.54 Å². The molecule has 3 heterocycles. The van der Waals surface area contributed by atoms with E-state index < -0.39 is 6.10 Å². The smallest absolute Gasteiger partial charge is 0.327 e. The highest BCUT2D eigenvalue weighted by Crippen LogP contribution is 2.32. The summed E-state index contributed by atoms with van der Waals surface area (Å²) in [6.07, 6.45) is 0.650. The van der Waals surface area contributed by atoms with Gasteiger partial charge in [-0.25, -0.2) is 4.79 Å². The van der Waals surface area contributed by atoms with Gasteiger partial charge in [-0.3, -0.25) is 9.69 Å². The minimum Gasteiger partial charge on any atom is -0.454 e. The number of imide groups is 1. The zero-order valence-corrected chi connectivity index (χ0v) is 13.7. The summed E-state index contributed by atoms with van der Waals surface area (Å²) in [5, 5.41) is 10.1. The molecule has 3 aliphatic rings. The lowest BCUT2D eigenvalue weighted by Crippen LogP contribution is -2.40. The number of aliphatic hydroxyl groups is 1. The first-order valence-corrected chi connectivity index (χ1v) is 8.40. The van der Waals surface area contributed by atoms with Crippen LogP contribution in [0.1, 0.15) is 18.4 Å². The van der Waals surface area contributed by atoms with E-state index in [4.69, 9.17) is 14.2 Å². The van der Waals surface area contributed by atoms with E-state index in [9.17, 15) is 14.7 Å². The van der Waals surface area contributed by atoms with Gasteiger partial charge in [-0.2, -0.15) is 0 Å². The first kappa shape index (κ1) is 16.2. The van der Waals surface area contributed by atoms with E-state index in [2.05, 4.69) is 0 Å². The van der Waals surface area contributed by atoms with Crippen LogP contribution in [-0.2, 0) is 16.1 Å². The summed E-state index contributed by atoms with van der Waals surface area (Å²) in [5.74, 6) is 1.17. The molecule has 0 aliphatic carbocycles. The van der Waals surface area contributed by atoms with Gasteiger partial charge in [0.2, 0.25) is 6.79 Å². The normalized spacial score (nSPS) is 22.7. The number of β-amino-alcohol motifs (C(OH)–C–C–N with tert-alkyl or cyclic N) is 1. The van der Waals surface area contributed by atoms with Crippen molar-refractivity contribution in [3.63, 3.8) is 0 Å². The number of carbonyl (C=O) groups excluding carboxylic acids is 2. The number of amides is 3. The van der Waals surface area contributed by atoms with E-state index in [-0.39, 0.29) is 37.9 Å². The molecular weight excluding hydrogens is 328 g/mol. The molecule has 2 atom stereocenters. The van der Waals surface area contributed by atoms with Gasteiger partial charge in [0.25, 0.3) is 5.91 Å². The molecule has 25 heavy (non-hydrogen) atoms. The second-order valence-electron chi connectivity index (χ2n) is 6.44. The third-order valence-corrected chi connectivity index (χ3v) is 4.69. The summed E-state index contributed by atoms with van der Waals surface area (Å²) in [7, 11) is 0. The molecule has 1 aromatic carbocycles. The molecule has 0 spiro atoms. The molecule has 0 unspecified atom stereocenters. The molecule has 1 N–H and O–H groups in total. The number of hydrogen-bond acceptors (Lipinski definition) is 6. The molecular formula is C17H20N2O6. The van der Waals surface area contributed by atoms with Gasteiger partial charge in [0.05, 0.1) is 25.9 Å². The van der Waals surface area contributed by atoms with Gasteiger partial charge >= 0.3 is 6.03 Å². The Morgan fingerprint density at radius 2 is 2.12 bits per heavy atom. The van der Waals surface area contributed by atoms with E-state index in [1.54, 1.807) is 4.90 Å². The number of carbonyl (C=O) groups is 2. The predicted molar refractivity (Wildman–Crippen MR) is 85.1 cm³/mol. The Morgan fingerprint density at radius 1 is 1.28 bits per heavy atom. The van der Waals surface area contributed by atoms with Crippen molar-refractivity contribution >= 4 is 11.9 Å². The van der Waals surface area contributed by atoms with E-state index in [1.807, 2.05) is 18.2 Å². The second-order valence-corrected chi connectivity index (χ2v) is 6.44. The van der Waals surface area contributed by atoms with Crippen LogP contribution in [0.3, 0.4) is 0 Å². The summed E-state index contributed by atoms with van der Waals surface area (Å²) in [5.41, 5.74) is 0.894. The van der Waals surface area contributed by atoms with Crippen LogP contribution in [0.5, 0.6) is 11.5 Å². The van der Waals surface area contributed by atoms with Crippen molar-refractivity contribution in [3.05, 3.63) is 23.8 Å². The number of hydrogen-bond donors (Lipinski definition) is 1. The lowest BCUT2D eigenvalue weighted by atomic mass is 10.2. The fourth-order valence-corrected chi connectivity index (χ4v) is 3.46. The van der Waals surface area contributed by atoms with Gasteiger partial charge in [-0.05, 0) is 30.5 Å². The van der Waals surface area contributed by atoms with Crippen LogP contribution >= 0.6 is 0 Å². The number of rotatable bonds is 6. The largest absolute Gasteiger partial charge is 0.454 e. The van der Waals surface area contributed by atoms with Crippen LogP contribution in [0.2, 0.25) is 0 Å². The second kappa shape index (κ2) is 6.53. The van der Waals surface area contributed by atoms with Crippen molar-refractivity contribution < 1.29 is 28.9 Å². The Hall–Kier alpha value is -2.32. The maximum Gasteiger partial charge on any atom is 0.327 e. The van der Waals surface area contributed by atoms with Crippen molar-refractivity contribution in [2.24, 2.45) is 0 Å². The summed E-state index contributed by atoms with van der Waals surface area (Å²) < 4.78 is 16.1. The van der Waals surface area contributed by atoms with Gasteiger partial charge < -0.3 is 24.2 Å². The highest BCUT2D eigenvalue weighted by atomic mass is 16.7. The topological polar surface area (TPSA) is 88.5 Å². The molecule has 3 aliphatic heterocycles. The lowest BCUT2D eigenvalue weighted by molar-refractivity contribution is -0.129. The molecule has 2 saturated heterocycles. The zero-order valence-electron chi connectivity index (χ0n) is 13.7. The van der Waals surface area contributed by atoms with Gasteiger partial charge in [0.1, 0.15) is 6.04 Å². The third-order valence-electron chi connectivity index (χ3n) is 4.69. The van der Waals surface area contributed by atoms with Crippen LogP contribution in [0.25, 0.3) is 0 Å². The molecule has 2 fully saturated rings. The van der Waals surface area contributed by atoms with Crippen molar-refractivity contribution in [1.29, 1.82) is 0 Å². The first-order valence-electron chi connectivity index (χ1n) is 8.40. The highest BCUT2D eigenvalue weighted by Gasteiger charge is 2.47. The lowest BCUT2D eigenvalue weighted by Gasteiger charge is -2.19. The van der Waals surface area contributed by atoms with Crippen LogP contribution < -0.4 is 9.47 Å². The Labute approximate surface area is 144 Å². The summed E-state index contributed by atoms with van der Waals surface area (Å²) >= 11 is 0. The standard InChI is InChI=1S/C17H20N2O6/c20-12(7-19-16(21)13-2-1-5-18(13)17(19)22)9-23-8-11-3-4-14-15(6-11)25-10-24-14/h3-4,6,12-13,20H,1-2,5,7-10H2/t12-,13+/m1/s1. The van der Waals surface area contributed by atoms with E-state index >= 15 is 0 Å². The zero-order chi connectivity index (χ0) is 17.4. The van der Waals surface area contributed by atoms with Gasteiger partial charge in [0.15, 0.2) is 11.5 Å². The average Bonchev–Trinajstić information content (AvgIpc) is 3.30. The van der Waals surface area contributed by atoms with E-state index in [1.165, 1.54) is 0 Å². The fraction of sp³-hybridized carbons (Fsp3) is 0.529. The molecule has 0 aromatic heterocycles. The van der Waals surface area contributed by atoms with Crippen molar-refractivity contribution in [1.82, 2.24) is 9.80 Å². The molecule has 0 bridgehead atoms. The number of urea groups is 1. The molecule has 0 radical (unpaired) electrons. The third kappa shape index (κ3) is 3.03. The molecule has 134 valence electrons. The highest BCUT2D eigenvalue weighted by molar-refractivity contribution is 6.04. The van der Waals surface area contributed by atoms with Crippen LogP contribution in [0.4, 0.5) is 4.79 Å². The minimum atomic E-state index is -0.915. The van der Waals surface area contributed by atoms with Crippen LogP contribution in [0, 0.1) is 0 Å². The molecule has 4 rings (SSSR count). The summed E-state index contributed by atoms with van der Waals surface area (Å²) in [6, 6.07) is 4.86. The Bertz CT molecular complexity index is 672. The van der Waals surface area contributed by atoms with Gasteiger partial charge in [-0.15, -0.1) is 0 Å². The summed E-state index contributed by atoms with van der Waals surface area (Å²) in [6.45, 7) is 1.13. The van der Waals surface area contributed by atoms with Crippen molar-refractivity contribution in [3.8, 4) is 11.5 Å². The van der Waals surface area contributed by atoms with E-state index in [0.717, 1.165) is 16.9 Å². The molecule has 1 aromatic rings. The number of aliphatic hydroxyl groups excluding tert-OH is 1. The van der Waals surface area contributed by atoms with Gasteiger partial charge in [-0.1, -0.05) is 6.07 Å². The van der Waals surface area contributed by atoms with Crippen LogP contribution in [-0.4, -0.2) is 65.5 Å². The molecule has 8 nitrogen and oxygen atoms in total. The minimum absolute atomic E-state index is 0.0359. The Kier molecular flexibility index (Phi) is 4.22. The monoisotopic (exact) mass is 348 g/mol. The number of nitrogens with zero attached hydrogens (tertiary/aromatic N) is 2. The van der Waals surface area contributed by atoms with E-state index in [0.29, 0.717) is 31.1 Å². The maximum absolute atomic E-state index is 12.2. The number of fused-ring (bicyclic) bond motifs is 2. The number of benzene rings is 1. The fourth-order valence-electron chi connectivity index (χ4n) is 3.46. The van der Waals surface area contributed by atoms with Crippen LogP contribution in [0.15, 0.2) is 18.2 Å². The van der Waals surface area contributed by atoms with Crippen molar-refractivity contribution in [2.75, 3.05) is 26.5 Å².